The molecule has 2 N–H and O–H groups in total. The van der Waals surface area contributed by atoms with Crippen molar-refractivity contribution in [2.45, 2.75) is 51.0 Å². The Morgan fingerprint density at radius 3 is 2.84 bits per heavy atom. The van der Waals surface area contributed by atoms with Crippen molar-refractivity contribution in [3.63, 3.8) is 0 Å². The molecule has 2 heterocycles. The highest BCUT2D eigenvalue weighted by atomic mass is 32.1. The normalized spacial score (nSPS) is 18.0. The van der Waals surface area contributed by atoms with Crippen molar-refractivity contribution in [3.05, 3.63) is 27.8 Å². The number of aromatic nitrogens is 3. The van der Waals surface area contributed by atoms with Gasteiger partial charge in [-0.05, 0) is 19.8 Å². The molecule has 3 rings (SSSR count). The lowest BCUT2D eigenvalue weighted by atomic mass is 9.95. The molecule has 0 aliphatic heterocycles. The number of nitrogens with two attached hydrogens (primary N) is 1. The van der Waals surface area contributed by atoms with Gasteiger partial charge in [0, 0.05) is 23.0 Å². The summed E-state index contributed by atoms with van der Waals surface area (Å²) in [5, 5.41) is 7.07. The molecule has 0 radical (unpaired) electrons. The van der Waals surface area contributed by atoms with Gasteiger partial charge >= 0.3 is 0 Å². The van der Waals surface area contributed by atoms with Crippen LogP contribution >= 0.6 is 11.3 Å². The fourth-order valence-electron chi connectivity index (χ4n) is 2.61. The number of aryl methyl sites for hydroxylation is 1. The predicted octanol–water partition coefficient (Wildman–Crippen LogP) is 2.24. The van der Waals surface area contributed by atoms with E-state index in [1.54, 1.807) is 11.3 Å². The molecular formula is C13H18N4OS. The highest BCUT2D eigenvalue weighted by Gasteiger charge is 2.31. The van der Waals surface area contributed by atoms with Crippen LogP contribution in [0.25, 0.3) is 0 Å². The number of rotatable bonds is 4. The molecule has 2 aromatic rings. The SMILES string of the molecule is Cc1csc(Cc2noc(CC3(N)CCCC3)n2)n1. The van der Waals surface area contributed by atoms with E-state index in [2.05, 4.69) is 15.1 Å². The van der Waals surface area contributed by atoms with Crippen LogP contribution in [0, 0.1) is 6.92 Å². The predicted molar refractivity (Wildman–Crippen MR) is 73.0 cm³/mol. The molecule has 0 aromatic carbocycles. The van der Waals surface area contributed by atoms with E-state index in [1.807, 2.05) is 12.3 Å². The van der Waals surface area contributed by atoms with Crippen molar-refractivity contribution < 1.29 is 4.52 Å². The fourth-order valence-corrected chi connectivity index (χ4v) is 3.38. The van der Waals surface area contributed by atoms with Gasteiger partial charge in [0.1, 0.15) is 5.01 Å². The topological polar surface area (TPSA) is 77.8 Å². The van der Waals surface area contributed by atoms with Crippen molar-refractivity contribution >= 4 is 11.3 Å². The van der Waals surface area contributed by atoms with Gasteiger partial charge in [-0.2, -0.15) is 4.98 Å². The molecule has 6 heteroatoms. The summed E-state index contributed by atoms with van der Waals surface area (Å²) < 4.78 is 5.31. The Morgan fingerprint density at radius 2 is 2.16 bits per heavy atom. The molecule has 19 heavy (non-hydrogen) atoms. The van der Waals surface area contributed by atoms with E-state index in [0.29, 0.717) is 24.6 Å². The maximum atomic E-state index is 6.32. The lowest BCUT2D eigenvalue weighted by Crippen LogP contribution is -2.38. The molecule has 0 amide bonds. The Kier molecular flexibility index (Phi) is 3.36. The third kappa shape index (κ3) is 3.01. The molecule has 2 aromatic heterocycles. The van der Waals surface area contributed by atoms with Crippen LogP contribution in [0.4, 0.5) is 0 Å². The smallest absolute Gasteiger partial charge is 0.228 e. The monoisotopic (exact) mass is 278 g/mol. The van der Waals surface area contributed by atoms with Gasteiger partial charge < -0.3 is 10.3 Å². The van der Waals surface area contributed by atoms with Gasteiger partial charge in [0.05, 0.1) is 6.42 Å². The third-order valence-corrected chi connectivity index (χ3v) is 4.56. The maximum Gasteiger partial charge on any atom is 0.228 e. The zero-order valence-corrected chi connectivity index (χ0v) is 11.9. The first-order valence-corrected chi connectivity index (χ1v) is 7.52. The average Bonchev–Trinajstić information content (AvgIpc) is 3.04. The van der Waals surface area contributed by atoms with Crippen LogP contribution in [-0.4, -0.2) is 20.7 Å². The molecule has 1 aliphatic rings. The molecule has 102 valence electrons. The zero-order chi connectivity index (χ0) is 13.3. The molecule has 0 bridgehead atoms. The summed E-state index contributed by atoms with van der Waals surface area (Å²) in [7, 11) is 0. The van der Waals surface area contributed by atoms with Crippen molar-refractivity contribution in [2.75, 3.05) is 0 Å². The van der Waals surface area contributed by atoms with Crippen LogP contribution in [0.1, 0.15) is 48.1 Å². The third-order valence-electron chi connectivity index (χ3n) is 3.59. The standard InChI is InChI=1S/C13H18N4OS/c1-9-8-19-12(15-9)6-10-16-11(18-17-10)7-13(14)4-2-3-5-13/h8H,2-7,14H2,1H3. The summed E-state index contributed by atoms with van der Waals surface area (Å²) in [5.74, 6) is 1.36. The van der Waals surface area contributed by atoms with Crippen molar-refractivity contribution in [1.29, 1.82) is 0 Å². The molecule has 0 saturated heterocycles. The van der Waals surface area contributed by atoms with Gasteiger partial charge in [0.2, 0.25) is 5.89 Å². The van der Waals surface area contributed by atoms with Crippen LogP contribution in [0.15, 0.2) is 9.90 Å². The second-order valence-corrected chi connectivity index (χ2v) is 6.35. The highest BCUT2D eigenvalue weighted by molar-refractivity contribution is 7.09. The van der Waals surface area contributed by atoms with Gasteiger partial charge in [-0.3, -0.25) is 0 Å². The summed E-state index contributed by atoms with van der Waals surface area (Å²) >= 11 is 1.63. The Morgan fingerprint density at radius 1 is 1.37 bits per heavy atom. The molecule has 1 fully saturated rings. The van der Waals surface area contributed by atoms with Gasteiger partial charge in [-0.15, -0.1) is 11.3 Å². The van der Waals surface area contributed by atoms with E-state index in [9.17, 15) is 0 Å². The first-order chi connectivity index (χ1) is 9.13. The van der Waals surface area contributed by atoms with E-state index in [4.69, 9.17) is 10.3 Å². The van der Waals surface area contributed by atoms with Crippen LogP contribution in [-0.2, 0) is 12.8 Å². The summed E-state index contributed by atoms with van der Waals surface area (Å²) in [6.45, 7) is 1.99. The van der Waals surface area contributed by atoms with E-state index in [-0.39, 0.29) is 5.54 Å². The lowest BCUT2D eigenvalue weighted by Gasteiger charge is -2.20. The van der Waals surface area contributed by atoms with E-state index in [1.165, 1.54) is 12.8 Å². The summed E-state index contributed by atoms with van der Waals surface area (Å²) in [4.78, 5) is 8.84. The summed E-state index contributed by atoms with van der Waals surface area (Å²) in [6.07, 6.45) is 5.84. The molecule has 0 spiro atoms. The van der Waals surface area contributed by atoms with E-state index < -0.39 is 0 Å². The largest absolute Gasteiger partial charge is 0.339 e. The van der Waals surface area contributed by atoms with Gasteiger partial charge in [-0.25, -0.2) is 4.98 Å². The Bertz CT molecular complexity index is 556. The maximum absolute atomic E-state index is 6.32. The van der Waals surface area contributed by atoms with Crippen molar-refractivity contribution in [1.82, 2.24) is 15.1 Å². The second kappa shape index (κ2) is 5.02. The van der Waals surface area contributed by atoms with E-state index in [0.717, 1.165) is 23.5 Å². The fraction of sp³-hybridized carbons (Fsp3) is 0.615. The minimum Gasteiger partial charge on any atom is -0.339 e. The van der Waals surface area contributed by atoms with E-state index >= 15 is 0 Å². The first-order valence-electron chi connectivity index (χ1n) is 6.64. The minimum absolute atomic E-state index is 0.137. The second-order valence-electron chi connectivity index (χ2n) is 5.41. The Balaban J connectivity index is 1.66. The van der Waals surface area contributed by atoms with Crippen LogP contribution < -0.4 is 5.73 Å². The number of nitrogens with zero attached hydrogens (tertiary/aromatic N) is 3. The minimum atomic E-state index is -0.137. The average molecular weight is 278 g/mol. The number of hydrogen-bond donors (Lipinski definition) is 1. The lowest BCUT2D eigenvalue weighted by molar-refractivity contribution is 0.327. The molecular weight excluding hydrogens is 260 g/mol. The van der Waals surface area contributed by atoms with Gasteiger partial charge in [0.25, 0.3) is 0 Å². The van der Waals surface area contributed by atoms with Crippen LogP contribution in [0.2, 0.25) is 0 Å². The Labute approximate surface area is 116 Å². The van der Waals surface area contributed by atoms with Crippen molar-refractivity contribution in [2.24, 2.45) is 5.73 Å². The summed E-state index contributed by atoms with van der Waals surface area (Å²) in [5.41, 5.74) is 7.22. The number of hydrogen-bond acceptors (Lipinski definition) is 6. The molecule has 1 aliphatic carbocycles. The molecule has 0 atom stereocenters. The molecule has 1 saturated carbocycles. The van der Waals surface area contributed by atoms with Gasteiger partial charge in [0.15, 0.2) is 5.82 Å². The number of thiazole rings is 1. The van der Waals surface area contributed by atoms with Crippen LogP contribution in [0.3, 0.4) is 0 Å². The van der Waals surface area contributed by atoms with Gasteiger partial charge in [-0.1, -0.05) is 18.0 Å². The highest BCUT2D eigenvalue weighted by Crippen LogP contribution is 2.30. The molecule has 0 unspecified atom stereocenters. The zero-order valence-electron chi connectivity index (χ0n) is 11.1. The van der Waals surface area contributed by atoms with Crippen molar-refractivity contribution in [3.8, 4) is 0 Å². The van der Waals surface area contributed by atoms with Crippen LogP contribution in [0.5, 0.6) is 0 Å². The first kappa shape index (κ1) is 12.7. The summed E-state index contributed by atoms with van der Waals surface area (Å²) in [6, 6.07) is 0. The Hall–Kier alpha value is -1.27. The molecule has 5 nitrogen and oxygen atoms in total. The quantitative estimate of drug-likeness (QED) is 0.928.